The summed E-state index contributed by atoms with van der Waals surface area (Å²) in [4.78, 5) is 11.6. The van der Waals surface area contributed by atoms with Gasteiger partial charge >= 0.3 is 0 Å². The number of hydrogen-bond acceptors (Lipinski definition) is 1. The molecule has 12 heavy (non-hydrogen) atoms. The van der Waals surface area contributed by atoms with Gasteiger partial charge in [0.2, 0.25) is 0 Å². The van der Waals surface area contributed by atoms with Crippen molar-refractivity contribution in [1.82, 2.24) is 0 Å². The molecular formula is C11H18O. The molecule has 0 radical (unpaired) electrons. The topological polar surface area (TPSA) is 17.1 Å². The summed E-state index contributed by atoms with van der Waals surface area (Å²) < 4.78 is 0. The van der Waals surface area contributed by atoms with Gasteiger partial charge in [0.25, 0.3) is 0 Å². The summed E-state index contributed by atoms with van der Waals surface area (Å²) in [5.41, 5.74) is 0. The van der Waals surface area contributed by atoms with Gasteiger partial charge in [0.1, 0.15) is 5.78 Å². The van der Waals surface area contributed by atoms with Crippen molar-refractivity contribution in [3.63, 3.8) is 0 Å². The maximum Gasteiger partial charge on any atom is 0.136 e. The first-order chi connectivity index (χ1) is 5.70. The molecule has 68 valence electrons. The van der Waals surface area contributed by atoms with E-state index >= 15 is 0 Å². The Balaban J connectivity index is 2.18. The third kappa shape index (κ3) is 1.10. The molecule has 0 aromatic heterocycles. The van der Waals surface area contributed by atoms with E-state index in [1.807, 2.05) is 0 Å². The zero-order valence-electron chi connectivity index (χ0n) is 8.05. The van der Waals surface area contributed by atoms with Crippen LogP contribution in [0.4, 0.5) is 0 Å². The average Bonchev–Trinajstić information content (AvgIpc) is 2.42. The number of Topliss-reactive ketones (excluding diaryl/α,β-unsaturated/α-hetero) is 1. The van der Waals surface area contributed by atoms with Crippen LogP contribution in [0.2, 0.25) is 0 Å². The summed E-state index contributed by atoms with van der Waals surface area (Å²) in [7, 11) is 0. The Morgan fingerprint density at radius 1 is 1.08 bits per heavy atom. The van der Waals surface area contributed by atoms with Gasteiger partial charge in [-0.2, -0.15) is 0 Å². The second-order valence-electron chi connectivity index (χ2n) is 4.73. The largest absolute Gasteiger partial charge is 0.299 e. The fourth-order valence-electron chi connectivity index (χ4n) is 3.18. The molecule has 2 aliphatic carbocycles. The zero-order valence-corrected chi connectivity index (χ0v) is 8.05. The van der Waals surface area contributed by atoms with Crippen LogP contribution in [-0.4, -0.2) is 5.78 Å². The molecule has 0 N–H and O–H groups in total. The number of ketones is 1. The van der Waals surface area contributed by atoms with Crippen LogP contribution in [0.5, 0.6) is 0 Å². The first kappa shape index (κ1) is 8.28. The summed E-state index contributed by atoms with van der Waals surface area (Å²) in [5.74, 6) is 3.21. The molecule has 2 saturated carbocycles. The SMILES string of the molecule is C[C@H]1CCC(=O)C2C1CC[C@@H]2C. The Hall–Kier alpha value is -0.330. The normalized spacial score (nSPS) is 47.7. The van der Waals surface area contributed by atoms with Gasteiger partial charge in [-0.3, -0.25) is 4.79 Å². The predicted octanol–water partition coefficient (Wildman–Crippen LogP) is 2.65. The molecule has 2 unspecified atom stereocenters. The van der Waals surface area contributed by atoms with E-state index in [0.29, 0.717) is 17.6 Å². The van der Waals surface area contributed by atoms with Crippen LogP contribution in [0, 0.1) is 23.7 Å². The van der Waals surface area contributed by atoms with Gasteiger partial charge in [0.05, 0.1) is 0 Å². The highest BCUT2D eigenvalue weighted by atomic mass is 16.1. The maximum absolute atomic E-state index is 11.6. The van der Waals surface area contributed by atoms with E-state index in [4.69, 9.17) is 0 Å². The second kappa shape index (κ2) is 2.86. The fraction of sp³-hybridized carbons (Fsp3) is 0.909. The van der Waals surface area contributed by atoms with Crippen LogP contribution in [-0.2, 0) is 4.79 Å². The Morgan fingerprint density at radius 2 is 1.83 bits per heavy atom. The van der Waals surface area contributed by atoms with Crippen LogP contribution in [0.3, 0.4) is 0 Å². The van der Waals surface area contributed by atoms with E-state index in [9.17, 15) is 4.79 Å². The molecule has 0 bridgehead atoms. The Labute approximate surface area is 74.5 Å². The lowest BCUT2D eigenvalue weighted by molar-refractivity contribution is -0.128. The summed E-state index contributed by atoms with van der Waals surface area (Å²) >= 11 is 0. The number of hydrogen-bond donors (Lipinski definition) is 0. The highest BCUT2D eigenvalue weighted by molar-refractivity contribution is 5.82. The minimum absolute atomic E-state index is 0.439. The van der Waals surface area contributed by atoms with Gasteiger partial charge in [0.15, 0.2) is 0 Å². The van der Waals surface area contributed by atoms with Gasteiger partial charge in [-0.15, -0.1) is 0 Å². The molecule has 0 spiro atoms. The highest BCUT2D eigenvalue weighted by Crippen LogP contribution is 2.46. The molecule has 0 heterocycles. The summed E-state index contributed by atoms with van der Waals surface area (Å²) in [5, 5.41) is 0. The van der Waals surface area contributed by atoms with Crippen molar-refractivity contribution in [3.05, 3.63) is 0 Å². The molecule has 1 nitrogen and oxygen atoms in total. The first-order valence-corrected chi connectivity index (χ1v) is 5.23. The van der Waals surface area contributed by atoms with E-state index in [1.165, 1.54) is 12.8 Å². The zero-order chi connectivity index (χ0) is 8.72. The Bertz CT molecular complexity index is 197. The number of fused-ring (bicyclic) bond motifs is 1. The third-order valence-corrected chi connectivity index (χ3v) is 3.98. The second-order valence-corrected chi connectivity index (χ2v) is 4.73. The van der Waals surface area contributed by atoms with Crippen molar-refractivity contribution < 1.29 is 4.79 Å². The van der Waals surface area contributed by atoms with Crippen LogP contribution in [0.1, 0.15) is 39.5 Å². The first-order valence-electron chi connectivity index (χ1n) is 5.23. The van der Waals surface area contributed by atoms with Crippen molar-refractivity contribution in [2.45, 2.75) is 39.5 Å². The Morgan fingerprint density at radius 3 is 2.50 bits per heavy atom. The minimum Gasteiger partial charge on any atom is -0.299 e. The quantitative estimate of drug-likeness (QED) is 0.540. The molecule has 0 amide bonds. The molecule has 0 saturated heterocycles. The molecule has 4 atom stereocenters. The van der Waals surface area contributed by atoms with Gasteiger partial charge < -0.3 is 0 Å². The average molecular weight is 166 g/mol. The van der Waals surface area contributed by atoms with Crippen LogP contribution < -0.4 is 0 Å². The smallest absolute Gasteiger partial charge is 0.136 e. The molecule has 1 heteroatoms. The lowest BCUT2D eigenvalue weighted by Crippen LogP contribution is -2.32. The fourth-order valence-corrected chi connectivity index (χ4v) is 3.18. The maximum atomic E-state index is 11.6. The van der Waals surface area contributed by atoms with Gasteiger partial charge in [-0.25, -0.2) is 0 Å². The van der Waals surface area contributed by atoms with Crippen molar-refractivity contribution in [2.24, 2.45) is 23.7 Å². The predicted molar refractivity (Wildman–Crippen MR) is 48.8 cm³/mol. The van der Waals surface area contributed by atoms with Crippen molar-refractivity contribution in [3.8, 4) is 0 Å². The minimum atomic E-state index is 0.439. The van der Waals surface area contributed by atoms with Crippen LogP contribution >= 0.6 is 0 Å². The molecule has 0 aromatic carbocycles. The van der Waals surface area contributed by atoms with E-state index in [2.05, 4.69) is 13.8 Å². The monoisotopic (exact) mass is 166 g/mol. The molecule has 0 aliphatic heterocycles. The number of carbonyl (C=O) groups excluding carboxylic acids is 1. The Kier molecular flexibility index (Phi) is 1.97. The lowest BCUT2D eigenvalue weighted by Gasteiger charge is -2.31. The molecule has 0 aromatic rings. The molecular weight excluding hydrogens is 148 g/mol. The number of carbonyl (C=O) groups is 1. The number of rotatable bonds is 0. The van der Waals surface area contributed by atoms with E-state index in [-0.39, 0.29) is 0 Å². The van der Waals surface area contributed by atoms with Crippen LogP contribution in [0.25, 0.3) is 0 Å². The van der Waals surface area contributed by atoms with Gasteiger partial charge in [-0.05, 0) is 37.0 Å². The van der Waals surface area contributed by atoms with Gasteiger partial charge in [0, 0.05) is 12.3 Å². The van der Waals surface area contributed by atoms with Crippen molar-refractivity contribution in [2.75, 3.05) is 0 Å². The van der Waals surface area contributed by atoms with Gasteiger partial charge in [-0.1, -0.05) is 13.8 Å². The third-order valence-electron chi connectivity index (χ3n) is 3.98. The van der Waals surface area contributed by atoms with Crippen molar-refractivity contribution in [1.29, 1.82) is 0 Å². The lowest BCUT2D eigenvalue weighted by atomic mass is 9.72. The van der Waals surface area contributed by atoms with Crippen molar-refractivity contribution >= 4 is 5.78 Å². The summed E-state index contributed by atoms with van der Waals surface area (Å²) in [6, 6.07) is 0. The van der Waals surface area contributed by atoms with E-state index in [1.54, 1.807) is 0 Å². The van der Waals surface area contributed by atoms with E-state index in [0.717, 1.165) is 24.7 Å². The summed E-state index contributed by atoms with van der Waals surface area (Å²) in [6.45, 7) is 4.57. The highest BCUT2D eigenvalue weighted by Gasteiger charge is 2.43. The molecule has 2 fully saturated rings. The standard InChI is InChI=1S/C11H18O/c1-7-4-6-10(12)11-8(2)3-5-9(7)11/h7-9,11H,3-6H2,1-2H3/t7-,8-,9?,11?/m0/s1. The van der Waals surface area contributed by atoms with Crippen LogP contribution in [0.15, 0.2) is 0 Å². The molecule has 2 rings (SSSR count). The van der Waals surface area contributed by atoms with E-state index < -0.39 is 0 Å². The summed E-state index contributed by atoms with van der Waals surface area (Å²) in [6.07, 6.45) is 4.59. The molecule has 2 aliphatic rings.